The first-order valence-electron chi connectivity index (χ1n) is 8.06. The van der Waals surface area contributed by atoms with Gasteiger partial charge in [0.2, 0.25) is 0 Å². The maximum Gasteiger partial charge on any atom is 0.407 e. The van der Waals surface area contributed by atoms with Crippen molar-refractivity contribution in [3.05, 3.63) is 29.5 Å². The number of pyridine rings is 1. The number of carbonyl (C=O) groups is 1. The maximum atomic E-state index is 11.4. The average Bonchev–Trinajstić information content (AvgIpc) is 2.92. The van der Waals surface area contributed by atoms with Crippen LogP contribution in [0.4, 0.5) is 4.79 Å². The van der Waals surface area contributed by atoms with Crippen molar-refractivity contribution in [2.45, 2.75) is 19.3 Å². The largest absolute Gasteiger partial charge is 0.558 e. The van der Waals surface area contributed by atoms with Crippen molar-refractivity contribution in [1.29, 1.82) is 0 Å². The van der Waals surface area contributed by atoms with Gasteiger partial charge in [-0.15, -0.1) is 0 Å². The fourth-order valence-electron chi connectivity index (χ4n) is 3.73. The van der Waals surface area contributed by atoms with E-state index in [9.17, 15) is 15.1 Å². The zero-order valence-corrected chi connectivity index (χ0v) is 13.3. The summed E-state index contributed by atoms with van der Waals surface area (Å²) >= 11 is 0. The van der Waals surface area contributed by atoms with E-state index in [0.717, 1.165) is 27.7 Å². The molecule has 0 aromatic carbocycles. The Morgan fingerprint density at radius 1 is 1.50 bits per heavy atom. The average molecular weight is 327 g/mol. The summed E-state index contributed by atoms with van der Waals surface area (Å²) in [6.07, 6.45) is 5.15. The third kappa shape index (κ3) is 2.21. The molecule has 2 aliphatic heterocycles. The number of rotatable bonds is 1. The minimum absolute atomic E-state index is 0.00868. The molecule has 0 unspecified atom stereocenters. The van der Waals surface area contributed by atoms with Crippen molar-refractivity contribution in [3.8, 4) is 5.75 Å². The van der Waals surface area contributed by atoms with Gasteiger partial charge in [-0.2, -0.15) is 4.73 Å². The number of carboxylic acid groups (broad SMARTS) is 1. The number of piperidine rings is 1. The van der Waals surface area contributed by atoms with Crippen LogP contribution in [0.2, 0.25) is 0 Å². The first-order chi connectivity index (χ1) is 11.6. The molecular formula is C16H18BN3O4. The summed E-state index contributed by atoms with van der Waals surface area (Å²) < 4.78 is 6.65. The van der Waals surface area contributed by atoms with Gasteiger partial charge in [0, 0.05) is 30.0 Å². The smallest absolute Gasteiger partial charge is 0.407 e. The molecule has 2 aliphatic rings. The van der Waals surface area contributed by atoms with E-state index in [1.165, 1.54) is 4.90 Å². The molecule has 0 spiro atoms. The quantitative estimate of drug-likeness (QED) is 0.618. The molecule has 0 radical (unpaired) electrons. The lowest BCUT2D eigenvalue weighted by Gasteiger charge is -2.35. The van der Waals surface area contributed by atoms with E-state index in [1.54, 1.807) is 12.4 Å². The van der Waals surface area contributed by atoms with Gasteiger partial charge in [-0.05, 0) is 17.9 Å². The van der Waals surface area contributed by atoms with Crippen molar-refractivity contribution in [1.82, 2.24) is 14.6 Å². The second-order valence-corrected chi connectivity index (χ2v) is 6.48. The molecule has 2 atom stereocenters. The third-order valence-electron chi connectivity index (χ3n) is 5.08. The summed E-state index contributed by atoms with van der Waals surface area (Å²) in [7, 11) is 0.502. The Labute approximate surface area is 139 Å². The Kier molecular flexibility index (Phi) is 3.40. The van der Waals surface area contributed by atoms with Gasteiger partial charge in [-0.25, -0.2) is 9.78 Å². The van der Waals surface area contributed by atoms with Gasteiger partial charge in [-0.3, -0.25) is 0 Å². The summed E-state index contributed by atoms with van der Waals surface area (Å²) in [5, 5.41) is 20.4. The summed E-state index contributed by atoms with van der Waals surface area (Å²) in [5.74, 6) is 2.94. The number of likely N-dealkylation sites (tertiary alicyclic amines) is 1. The number of hydrogen-bond donors (Lipinski definition) is 2. The first-order valence-corrected chi connectivity index (χ1v) is 8.06. The molecule has 2 aromatic rings. The predicted molar refractivity (Wildman–Crippen MR) is 89.8 cm³/mol. The lowest BCUT2D eigenvalue weighted by atomic mass is 9.81. The van der Waals surface area contributed by atoms with Crippen molar-refractivity contribution < 1.29 is 19.8 Å². The highest BCUT2D eigenvalue weighted by Gasteiger charge is 2.33. The number of nitrogens with zero attached hydrogens (tertiary/aromatic N) is 3. The summed E-state index contributed by atoms with van der Waals surface area (Å²) in [5.41, 5.74) is 2.29. The fourth-order valence-corrected chi connectivity index (χ4v) is 3.73. The molecule has 0 saturated carbocycles. The van der Waals surface area contributed by atoms with Gasteiger partial charge in [0.1, 0.15) is 5.75 Å². The highest BCUT2D eigenvalue weighted by atomic mass is 16.5. The third-order valence-corrected chi connectivity index (χ3v) is 5.08. The van der Waals surface area contributed by atoms with Gasteiger partial charge >= 0.3 is 13.6 Å². The standard InChI is InChI=1S/C16H18BN3O4/c1-9-3-5-19(16(21)22)7-11(9)12-8-20(23)15-14(12)10-2-4-17-24-13(10)6-18-15/h2,4,6,8-9,11,17,23H,3,5,7H2,1H3,(H,21,22)/t9-,11+/m1/s1. The molecule has 1 saturated heterocycles. The predicted octanol–water partition coefficient (Wildman–Crippen LogP) is 2.09. The van der Waals surface area contributed by atoms with Crippen LogP contribution in [0.3, 0.4) is 0 Å². The van der Waals surface area contributed by atoms with Crippen LogP contribution in [0, 0.1) is 5.92 Å². The lowest BCUT2D eigenvalue weighted by molar-refractivity contribution is 0.118. The Morgan fingerprint density at radius 3 is 3.12 bits per heavy atom. The SMILES string of the molecule is C[C@@H]1CCN(C(=O)O)C[C@@H]1c1cn(O)c2ncc3c(c12)C=CBO3. The van der Waals surface area contributed by atoms with Crippen LogP contribution in [0.1, 0.15) is 30.4 Å². The van der Waals surface area contributed by atoms with Crippen LogP contribution in [0.25, 0.3) is 17.1 Å². The molecule has 1 amide bonds. The normalized spacial score (nSPS) is 22.8. The molecule has 8 heteroatoms. The van der Waals surface area contributed by atoms with Gasteiger partial charge in [0.15, 0.2) is 5.65 Å². The summed E-state index contributed by atoms with van der Waals surface area (Å²) in [6.45, 7) is 3.09. The molecule has 4 heterocycles. The molecule has 1 fully saturated rings. The second kappa shape index (κ2) is 5.47. The Morgan fingerprint density at radius 2 is 2.33 bits per heavy atom. The molecule has 2 aromatic heterocycles. The van der Waals surface area contributed by atoms with E-state index >= 15 is 0 Å². The molecule has 124 valence electrons. The Balaban J connectivity index is 1.87. The summed E-state index contributed by atoms with van der Waals surface area (Å²) in [4.78, 5) is 17.1. The molecule has 7 nitrogen and oxygen atoms in total. The highest BCUT2D eigenvalue weighted by molar-refractivity contribution is 6.38. The van der Waals surface area contributed by atoms with Crippen molar-refractivity contribution in [3.63, 3.8) is 0 Å². The molecular weight excluding hydrogens is 309 g/mol. The highest BCUT2D eigenvalue weighted by Crippen LogP contribution is 2.40. The summed E-state index contributed by atoms with van der Waals surface area (Å²) in [6, 6.07) is 0. The van der Waals surface area contributed by atoms with E-state index in [-0.39, 0.29) is 5.92 Å². The van der Waals surface area contributed by atoms with Crippen LogP contribution in [0.15, 0.2) is 18.4 Å². The van der Waals surface area contributed by atoms with Gasteiger partial charge < -0.3 is 19.9 Å². The maximum absolute atomic E-state index is 11.4. The van der Waals surface area contributed by atoms with Crippen LogP contribution in [0.5, 0.6) is 5.75 Å². The van der Waals surface area contributed by atoms with Crippen molar-refractivity contribution in [2.24, 2.45) is 5.92 Å². The lowest BCUT2D eigenvalue weighted by Crippen LogP contribution is -2.41. The Bertz CT molecular complexity index is 847. The first kappa shape index (κ1) is 14.9. The topological polar surface area (TPSA) is 87.8 Å². The molecule has 4 rings (SSSR count). The van der Waals surface area contributed by atoms with E-state index in [1.807, 2.05) is 12.1 Å². The second-order valence-electron chi connectivity index (χ2n) is 6.48. The van der Waals surface area contributed by atoms with Gasteiger partial charge in [0.25, 0.3) is 0 Å². The zero-order valence-electron chi connectivity index (χ0n) is 13.3. The van der Waals surface area contributed by atoms with Crippen LogP contribution < -0.4 is 4.65 Å². The molecule has 0 bridgehead atoms. The molecule has 2 N–H and O–H groups in total. The molecule has 24 heavy (non-hydrogen) atoms. The van der Waals surface area contributed by atoms with Crippen molar-refractivity contribution >= 4 is 30.7 Å². The number of hydrogen-bond acceptors (Lipinski definition) is 4. The van der Waals surface area contributed by atoms with E-state index in [4.69, 9.17) is 4.65 Å². The minimum atomic E-state index is -0.900. The zero-order chi connectivity index (χ0) is 16.8. The minimum Gasteiger partial charge on any atom is -0.558 e. The van der Waals surface area contributed by atoms with Crippen LogP contribution >= 0.6 is 0 Å². The van der Waals surface area contributed by atoms with Crippen molar-refractivity contribution in [2.75, 3.05) is 13.1 Å². The van der Waals surface area contributed by atoms with Gasteiger partial charge in [-0.1, -0.05) is 19.0 Å². The van der Waals surface area contributed by atoms with E-state index < -0.39 is 6.09 Å². The van der Waals surface area contributed by atoms with E-state index in [0.29, 0.717) is 37.9 Å². The van der Waals surface area contributed by atoms with Gasteiger partial charge in [0.05, 0.1) is 12.4 Å². The number of amides is 1. The number of aromatic nitrogens is 2. The molecule has 0 aliphatic carbocycles. The van der Waals surface area contributed by atoms with Crippen LogP contribution in [-0.4, -0.2) is 51.6 Å². The monoisotopic (exact) mass is 327 g/mol. The van der Waals surface area contributed by atoms with Crippen LogP contribution in [-0.2, 0) is 0 Å². The number of fused-ring (bicyclic) bond motifs is 3. The van der Waals surface area contributed by atoms with E-state index in [2.05, 4.69) is 11.9 Å². The Hall–Kier alpha value is -2.64. The fraction of sp³-hybridized carbons (Fsp3) is 0.375.